The molecular weight excluding hydrogens is 168 g/mol. The number of fused-ring (bicyclic) bond motifs is 1. The van der Waals surface area contributed by atoms with E-state index in [9.17, 15) is 0 Å². The Labute approximate surface area is 86.7 Å². The molecule has 0 N–H and O–H groups in total. The van der Waals surface area contributed by atoms with E-state index < -0.39 is 0 Å². The van der Waals surface area contributed by atoms with Gasteiger partial charge < -0.3 is 0 Å². The fourth-order valence-corrected chi connectivity index (χ4v) is 2.17. The fourth-order valence-electron chi connectivity index (χ4n) is 2.17. The van der Waals surface area contributed by atoms with Gasteiger partial charge in [0.1, 0.15) is 0 Å². The highest BCUT2D eigenvalue weighted by Crippen LogP contribution is 2.36. The molecular formula is C14H18. The molecule has 74 valence electrons. The molecule has 14 heavy (non-hydrogen) atoms. The average Bonchev–Trinajstić information content (AvgIpc) is 2.16. The smallest absolute Gasteiger partial charge is 0.00238 e. The first-order chi connectivity index (χ1) is 6.66. The van der Waals surface area contributed by atoms with Crippen LogP contribution in [0.3, 0.4) is 0 Å². The van der Waals surface area contributed by atoms with E-state index in [1.165, 1.54) is 12.0 Å². The van der Waals surface area contributed by atoms with Gasteiger partial charge in [-0.15, -0.1) is 0 Å². The Morgan fingerprint density at radius 3 is 2.86 bits per heavy atom. The molecule has 2 aliphatic carbocycles. The SMILES string of the molecule is C=C1C=CC2CC(C(C)C)=CC=C2C1. The summed E-state index contributed by atoms with van der Waals surface area (Å²) in [7, 11) is 0. The zero-order valence-corrected chi connectivity index (χ0v) is 9.09. The van der Waals surface area contributed by atoms with Crippen molar-refractivity contribution < 1.29 is 0 Å². The third kappa shape index (κ3) is 1.75. The third-order valence-electron chi connectivity index (χ3n) is 3.18. The van der Waals surface area contributed by atoms with Gasteiger partial charge in [-0.1, -0.05) is 61.4 Å². The van der Waals surface area contributed by atoms with Crippen LogP contribution in [0.4, 0.5) is 0 Å². The molecule has 0 saturated heterocycles. The van der Waals surface area contributed by atoms with Gasteiger partial charge in [-0.2, -0.15) is 0 Å². The van der Waals surface area contributed by atoms with Gasteiger partial charge in [0.05, 0.1) is 0 Å². The van der Waals surface area contributed by atoms with E-state index in [1.54, 1.807) is 11.1 Å². The maximum absolute atomic E-state index is 4.01. The van der Waals surface area contributed by atoms with Gasteiger partial charge in [0, 0.05) is 5.92 Å². The van der Waals surface area contributed by atoms with Crippen LogP contribution in [0, 0.1) is 11.8 Å². The lowest BCUT2D eigenvalue weighted by Crippen LogP contribution is -2.12. The van der Waals surface area contributed by atoms with Crippen molar-refractivity contribution in [2.24, 2.45) is 11.8 Å². The van der Waals surface area contributed by atoms with Gasteiger partial charge in [-0.05, 0) is 18.8 Å². The van der Waals surface area contributed by atoms with Crippen molar-refractivity contribution in [3.8, 4) is 0 Å². The second-order valence-electron chi connectivity index (χ2n) is 4.64. The minimum absolute atomic E-state index is 0.655. The molecule has 1 atom stereocenters. The highest BCUT2D eigenvalue weighted by Gasteiger charge is 2.20. The zero-order valence-electron chi connectivity index (χ0n) is 9.09. The van der Waals surface area contributed by atoms with Crippen molar-refractivity contribution in [1.29, 1.82) is 0 Å². The van der Waals surface area contributed by atoms with Crippen LogP contribution in [-0.2, 0) is 0 Å². The topological polar surface area (TPSA) is 0 Å². The van der Waals surface area contributed by atoms with Gasteiger partial charge in [0.2, 0.25) is 0 Å². The van der Waals surface area contributed by atoms with Gasteiger partial charge in [0.15, 0.2) is 0 Å². The predicted octanol–water partition coefficient (Wildman–Crippen LogP) is 4.03. The number of hydrogen-bond donors (Lipinski definition) is 0. The molecule has 0 aromatic heterocycles. The molecule has 0 heteroatoms. The molecule has 2 rings (SSSR count). The maximum atomic E-state index is 4.01. The van der Waals surface area contributed by atoms with Crippen LogP contribution in [0.2, 0.25) is 0 Å². The number of rotatable bonds is 1. The monoisotopic (exact) mass is 186 g/mol. The standard InChI is InChI=1S/C14H18/c1-10(2)12-6-7-13-8-11(3)4-5-14(13)9-12/h4-7,10,14H,3,8-9H2,1-2H3. The summed E-state index contributed by atoms with van der Waals surface area (Å²) in [4.78, 5) is 0. The quantitative estimate of drug-likeness (QED) is 0.580. The van der Waals surface area contributed by atoms with Crippen molar-refractivity contribution >= 4 is 0 Å². The van der Waals surface area contributed by atoms with Crippen LogP contribution in [-0.4, -0.2) is 0 Å². The first-order valence-corrected chi connectivity index (χ1v) is 5.42. The largest absolute Gasteiger partial charge is 0.0955 e. The highest BCUT2D eigenvalue weighted by molar-refractivity contribution is 5.39. The summed E-state index contributed by atoms with van der Waals surface area (Å²) in [6.45, 7) is 8.56. The summed E-state index contributed by atoms with van der Waals surface area (Å²) >= 11 is 0. The van der Waals surface area contributed by atoms with E-state index in [2.05, 4.69) is 44.7 Å². The van der Waals surface area contributed by atoms with Crippen molar-refractivity contribution in [2.75, 3.05) is 0 Å². The van der Waals surface area contributed by atoms with E-state index in [4.69, 9.17) is 0 Å². The Morgan fingerprint density at radius 1 is 1.36 bits per heavy atom. The fraction of sp³-hybridized carbons (Fsp3) is 0.429. The maximum Gasteiger partial charge on any atom is 0.00238 e. The molecule has 0 saturated carbocycles. The summed E-state index contributed by atoms with van der Waals surface area (Å²) in [5.74, 6) is 1.34. The van der Waals surface area contributed by atoms with E-state index in [1.807, 2.05) is 0 Å². The summed E-state index contributed by atoms with van der Waals surface area (Å²) in [6.07, 6.45) is 11.4. The Hall–Kier alpha value is -1.04. The van der Waals surface area contributed by atoms with Crippen LogP contribution >= 0.6 is 0 Å². The first-order valence-electron chi connectivity index (χ1n) is 5.42. The van der Waals surface area contributed by atoms with Crippen LogP contribution in [0.25, 0.3) is 0 Å². The van der Waals surface area contributed by atoms with E-state index in [0.29, 0.717) is 11.8 Å². The Kier molecular flexibility index (Phi) is 2.45. The minimum atomic E-state index is 0.655. The van der Waals surface area contributed by atoms with Crippen LogP contribution in [0.5, 0.6) is 0 Å². The highest BCUT2D eigenvalue weighted by atomic mass is 14.3. The molecule has 0 heterocycles. The average molecular weight is 186 g/mol. The van der Waals surface area contributed by atoms with Gasteiger partial charge in [-0.3, -0.25) is 0 Å². The lowest BCUT2D eigenvalue weighted by molar-refractivity contribution is 0.621. The lowest BCUT2D eigenvalue weighted by Gasteiger charge is -2.27. The third-order valence-corrected chi connectivity index (χ3v) is 3.18. The van der Waals surface area contributed by atoms with Crippen molar-refractivity contribution in [3.05, 3.63) is 47.6 Å². The summed E-state index contributed by atoms with van der Waals surface area (Å²) in [5, 5.41) is 0. The molecule has 0 bridgehead atoms. The molecule has 2 aliphatic rings. The summed E-state index contributed by atoms with van der Waals surface area (Å²) in [6, 6.07) is 0. The molecule has 0 spiro atoms. The van der Waals surface area contributed by atoms with Gasteiger partial charge in [0.25, 0.3) is 0 Å². The Bertz CT molecular complexity index is 337. The molecule has 0 amide bonds. The second kappa shape index (κ2) is 3.61. The Balaban J connectivity index is 2.24. The zero-order chi connectivity index (χ0) is 10.1. The van der Waals surface area contributed by atoms with E-state index >= 15 is 0 Å². The van der Waals surface area contributed by atoms with Crippen molar-refractivity contribution in [3.63, 3.8) is 0 Å². The lowest BCUT2D eigenvalue weighted by atomic mass is 9.78. The second-order valence-corrected chi connectivity index (χ2v) is 4.64. The molecule has 0 nitrogen and oxygen atoms in total. The number of allylic oxidation sites excluding steroid dienone is 7. The van der Waals surface area contributed by atoms with Crippen molar-refractivity contribution in [1.82, 2.24) is 0 Å². The van der Waals surface area contributed by atoms with E-state index in [0.717, 1.165) is 6.42 Å². The predicted molar refractivity (Wildman–Crippen MR) is 62.0 cm³/mol. The van der Waals surface area contributed by atoms with Gasteiger partial charge in [-0.25, -0.2) is 0 Å². The molecule has 0 aromatic rings. The minimum Gasteiger partial charge on any atom is -0.0955 e. The normalized spacial score (nSPS) is 25.9. The summed E-state index contributed by atoms with van der Waals surface area (Å²) in [5.41, 5.74) is 4.37. The van der Waals surface area contributed by atoms with Crippen molar-refractivity contribution in [2.45, 2.75) is 26.7 Å². The van der Waals surface area contributed by atoms with Crippen LogP contribution in [0.15, 0.2) is 47.6 Å². The Morgan fingerprint density at radius 2 is 2.14 bits per heavy atom. The number of hydrogen-bond acceptors (Lipinski definition) is 0. The molecule has 0 aliphatic heterocycles. The molecule has 1 unspecified atom stereocenters. The van der Waals surface area contributed by atoms with Crippen LogP contribution in [0.1, 0.15) is 26.7 Å². The molecule has 0 fully saturated rings. The molecule has 0 aromatic carbocycles. The first kappa shape index (κ1) is 9.51. The molecule has 0 radical (unpaired) electrons. The summed E-state index contributed by atoms with van der Waals surface area (Å²) < 4.78 is 0. The van der Waals surface area contributed by atoms with Gasteiger partial charge >= 0.3 is 0 Å². The van der Waals surface area contributed by atoms with Crippen LogP contribution < -0.4 is 0 Å². The van der Waals surface area contributed by atoms with E-state index in [-0.39, 0.29) is 0 Å².